The molecule has 2 N–H and O–H groups in total. The lowest BCUT2D eigenvalue weighted by molar-refractivity contribution is 0.251. The van der Waals surface area contributed by atoms with Crippen LogP contribution in [0, 0.1) is 3.57 Å². The van der Waals surface area contributed by atoms with E-state index in [1.165, 1.54) is 0 Å². The third kappa shape index (κ3) is 4.03. The third-order valence-electron chi connectivity index (χ3n) is 2.38. The van der Waals surface area contributed by atoms with E-state index in [1.54, 1.807) is 0 Å². The summed E-state index contributed by atoms with van der Waals surface area (Å²) >= 11 is 2.21. The summed E-state index contributed by atoms with van der Waals surface area (Å²) in [5, 5.41) is 5.61. The summed E-state index contributed by atoms with van der Waals surface area (Å²) in [5.74, 6) is 0. The van der Waals surface area contributed by atoms with Crippen LogP contribution < -0.4 is 10.6 Å². The number of carbonyl (C=O) groups is 1. The van der Waals surface area contributed by atoms with Crippen molar-refractivity contribution in [2.75, 3.05) is 5.32 Å². The first-order chi connectivity index (χ1) is 8.74. The molecule has 0 aromatic heterocycles. The zero-order valence-corrected chi connectivity index (χ0v) is 11.8. The van der Waals surface area contributed by atoms with Gasteiger partial charge in [0.25, 0.3) is 0 Å². The molecule has 0 aliphatic rings. The lowest BCUT2D eigenvalue weighted by Crippen LogP contribution is -2.28. The molecule has 0 radical (unpaired) electrons. The van der Waals surface area contributed by atoms with Gasteiger partial charge < -0.3 is 10.6 Å². The zero-order valence-electron chi connectivity index (χ0n) is 9.69. The highest BCUT2D eigenvalue weighted by molar-refractivity contribution is 14.1. The molecule has 92 valence electrons. The third-order valence-corrected chi connectivity index (χ3v) is 3.05. The molecule has 0 unspecified atom stereocenters. The smallest absolute Gasteiger partial charge is 0.319 e. The normalized spacial score (nSPS) is 9.83. The Morgan fingerprint density at radius 3 is 2.56 bits per heavy atom. The van der Waals surface area contributed by atoms with Gasteiger partial charge in [-0.1, -0.05) is 36.4 Å². The maximum atomic E-state index is 11.7. The Balaban J connectivity index is 1.86. The van der Waals surface area contributed by atoms with E-state index in [2.05, 4.69) is 33.2 Å². The first-order valence-corrected chi connectivity index (χ1v) is 6.66. The molecule has 0 spiro atoms. The quantitative estimate of drug-likeness (QED) is 0.814. The molecule has 2 aromatic rings. The van der Waals surface area contributed by atoms with E-state index in [9.17, 15) is 4.79 Å². The fourth-order valence-electron chi connectivity index (χ4n) is 1.52. The van der Waals surface area contributed by atoms with Crippen molar-refractivity contribution >= 4 is 34.3 Å². The van der Waals surface area contributed by atoms with Crippen molar-refractivity contribution < 1.29 is 4.79 Å². The minimum absolute atomic E-state index is 0.194. The van der Waals surface area contributed by atoms with E-state index in [0.717, 1.165) is 14.8 Å². The summed E-state index contributed by atoms with van der Waals surface area (Å²) in [6.07, 6.45) is 0. The summed E-state index contributed by atoms with van der Waals surface area (Å²) < 4.78 is 1.09. The molecule has 4 heteroatoms. The van der Waals surface area contributed by atoms with Crippen LogP contribution in [0.3, 0.4) is 0 Å². The Morgan fingerprint density at radius 2 is 1.83 bits per heavy atom. The molecule has 0 atom stereocenters. The SMILES string of the molecule is O=C(NCc1ccccc1)Nc1cccc(I)c1. The fraction of sp³-hybridized carbons (Fsp3) is 0.0714. The highest BCUT2D eigenvalue weighted by atomic mass is 127. The summed E-state index contributed by atoms with van der Waals surface area (Å²) in [5.41, 5.74) is 1.88. The van der Waals surface area contributed by atoms with Crippen LogP contribution >= 0.6 is 22.6 Å². The predicted molar refractivity (Wildman–Crippen MR) is 81.5 cm³/mol. The van der Waals surface area contributed by atoms with E-state index < -0.39 is 0 Å². The highest BCUT2D eigenvalue weighted by Gasteiger charge is 2.01. The molecule has 0 fully saturated rings. The van der Waals surface area contributed by atoms with Crippen molar-refractivity contribution in [3.05, 3.63) is 63.7 Å². The first-order valence-electron chi connectivity index (χ1n) is 5.58. The minimum atomic E-state index is -0.194. The molecule has 2 aromatic carbocycles. The van der Waals surface area contributed by atoms with Crippen molar-refractivity contribution in [3.8, 4) is 0 Å². The Hall–Kier alpha value is -1.56. The van der Waals surface area contributed by atoms with E-state index in [0.29, 0.717) is 6.54 Å². The Morgan fingerprint density at radius 1 is 1.06 bits per heavy atom. The standard InChI is InChI=1S/C14H13IN2O/c15-12-7-4-8-13(9-12)17-14(18)16-10-11-5-2-1-3-6-11/h1-9H,10H2,(H2,16,17,18). The van der Waals surface area contributed by atoms with E-state index in [-0.39, 0.29) is 6.03 Å². The van der Waals surface area contributed by atoms with Gasteiger partial charge in [0.15, 0.2) is 0 Å². The van der Waals surface area contributed by atoms with Crippen molar-refractivity contribution in [1.82, 2.24) is 5.32 Å². The molecular formula is C14H13IN2O. The molecule has 0 saturated carbocycles. The number of carbonyl (C=O) groups excluding carboxylic acids is 1. The number of halogens is 1. The summed E-state index contributed by atoms with van der Waals surface area (Å²) in [7, 11) is 0. The molecular weight excluding hydrogens is 339 g/mol. The van der Waals surface area contributed by atoms with Crippen LogP contribution in [-0.4, -0.2) is 6.03 Å². The average molecular weight is 352 g/mol. The van der Waals surface area contributed by atoms with Crippen molar-refractivity contribution in [2.45, 2.75) is 6.54 Å². The van der Waals surface area contributed by atoms with Gasteiger partial charge in [0, 0.05) is 15.8 Å². The lowest BCUT2D eigenvalue weighted by Gasteiger charge is -2.07. The Kier molecular flexibility index (Phi) is 4.58. The van der Waals surface area contributed by atoms with Crippen LogP contribution in [0.4, 0.5) is 10.5 Å². The predicted octanol–water partition coefficient (Wildman–Crippen LogP) is 3.61. The average Bonchev–Trinajstić information content (AvgIpc) is 2.38. The highest BCUT2D eigenvalue weighted by Crippen LogP contribution is 2.12. The second-order valence-electron chi connectivity index (χ2n) is 3.80. The number of anilines is 1. The van der Waals surface area contributed by atoms with Crippen LogP contribution in [0.1, 0.15) is 5.56 Å². The van der Waals surface area contributed by atoms with Gasteiger partial charge in [0.05, 0.1) is 0 Å². The first kappa shape index (κ1) is 12.9. The second-order valence-corrected chi connectivity index (χ2v) is 5.05. The lowest BCUT2D eigenvalue weighted by atomic mass is 10.2. The summed E-state index contributed by atoms with van der Waals surface area (Å²) in [4.78, 5) is 11.7. The number of amides is 2. The van der Waals surface area contributed by atoms with Gasteiger partial charge >= 0.3 is 6.03 Å². The van der Waals surface area contributed by atoms with E-state index in [1.807, 2.05) is 54.6 Å². The Labute approximate surface area is 120 Å². The topological polar surface area (TPSA) is 41.1 Å². The molecule has 2 amide bonds. The number of rotatable bonds is 3. The molecule has 2 rings (SSSR count). The van der Waals surface area contributed by atoms with E-state index in [4.69, 9.17) is 0 Å². The van der Waals surface area contributed by atoms with Gasteiger partial charge in [-0.2, -0.15) is 0 Å². The van der Waals surface area contributed by atoms with Crippen molar-refractivity contribution in [2.24, 2.45) is 0 Å². The van der Waals surface area contributed by atoms with Crippen LogP contribution in [0.25, 0.3) is 0 Å². The molecule has 0 heterocycles. The van der Waals surface area contributed by atoms with Crippen LogP contribution in [-0.2, 0) is 6.54 Å². The maximum Gasteiger partial charge on any atom is 0.319 e. The molecule has 0 aliphatic carbocycles. The number of nitrogens with one attached hydrogen (secondary N) is 2. The fourth-order valence-corrected chi connectivity index (χ4v) is 2.06. The molecule has 0 bridgehead atoms. The van der Waals surface area contributed by atoms with Gasteiger partial charge in [0.1, 0.15) is 0 Å². The summed E-state index contributed by atoms with van der Waals surface area (Å²) in [6, 6.07) is 17.3. The number of urea groups is 1. The van der Waals surface area contributed by atoms with Gasteiger partial charge in [-0.05, 0) is 46.4 Å². The van der Waals surface area contributed by atoms with Crippen LogP contribution in [0.5, 0.6) is 0 Å². The molecule has 0 aliphatic heterocycles. The van der Waals surface area contributed by atoms with Crippen molar-refractivity contribution in [1.29, 1.82) is 0 Å². The largest absolute Gasteiger partial charge is 0.334 e. The number of benzene rings is 2. The molecule has 18 heavy (non-hydrogen) atoms. The molecule has 0 saturated heterocycles. The van der Waals surface area contributed by atoms with Gasteiger partial charge in [-0.15, -0.1) is 0 Å². The van der Waals surface area contributed by atoms with Gasteiger partial charge in [0.2, 0.25) is 0 Å². The summed E-state index contributed by atoms with van der Waals surface area (Å²) in [6.45, 7) is 0.524. The number of hydrogen-bond acceptors (Lipinski definition) is 1. The Bertz CT molecular complexity index is 528. The van der Waals surface area contributed by atoms with Gasteiger partial charge in [-0.3, -0.25) is 0 Å². The van der Waals surface area contributed by atoms with E-state index >= 15 is 0 Å². The van der Waals surface area contributed by atoms with Gasteiger partial charge in [-0.25, -0.2) is 4.79 Å². The van der Waals surface area contributed by atoms with Crippen molar-refractivity contribution in [3.63, 3.8) is 0 Å². The second kappa shape index (κ2) is 6.39. The van der Waals surface area contributed by atoms with Crippen LogP contribution in [0.2, 0.25) is 0 Å². The van der Waals surface area contributed by atoms with Crippen LogP contribution in [0.15, 0.2) is 54.6 Å². The maximum absolute atomic E-state index is 11.7. The minimum Gasteiger partial charge on any atom is -0.334 e. The number of hydrogen-bond donors (Lipinski definition) is 2. The molecule has 3 nitrogen and oxygen atoms in total. The zero-order chi connectivity index (χ0) is 12.8. The monoisotopic (exact) mass is 352 g/mol.